The van der Waals surface area contributed by atoms with E-state index in [2.05, 4.69) is 37.4 Å². The first-order chi connectivity index (χ1) is 14.2. The fourth-order valence-electron chi connectivity index (χ4n) is 3.50. The standard InChI is InChI=1S/C22H24N6O/c23-27-21(19-14-16-4-1-2-5-20(16)26-22(19)29)15-25-17-6-8-18(9-7-17)28-12-3-10-24-11-13-28/h1-2,4-9,14-15,24H,3,10-13,23H2,(H,26,29). The molecule has 1 saturated heterocycles. The summed E-state index contributed by atoms with van der Waals surface area (Å²) in [5, 5.41) is 8.10. The molecule has 3 aromatic rings. The van der Waals surface area contributed by atoms with Gasteiger partial charge in [-0.1, -0.05) is 18.2 Å². The minimum atomic E-state index is -0.246. The van der Waals surface area contributed by atoms with Gasteiger partial charge in [-0.25, -0.2) is 0 Å². The van der Waals surface area contributed by atoms with Gasteiger partial charge in [-0.2, -0.15) is 5.10 Å². The van der Waals surface area contributed by atoms with Crippen molar-refractivity contribution in [2.45, 2.75) is 6.42 Å². The van der Waals surface area contributed by atoms with Crippen LogP contribution in [0.25, 0.3) is 10.9 Å². The monoisotopic (exact) mass is 388 g/mol. The molecule has 1 aliphatic heterocycles. The number of nitrogens with zero attached hydrogens (tertiary/aromatic N) is 3. The number of fused-ring (bicyclic) bond motifs is 1. The Kier molecular flexibility index (Phi) is 5.67. The van der Waals surface area contributed by atoms with Crippen LogP contribution in [0.15, 0.2) is 69.5 Å². The van der Waals surface area contributed by atoms with Crippen molar-refractivity contribution in [3.8, 4) is 0 Å². The van der Waals surface area contributed by atoms with Gasteiger partial charge in [0.25, 0.3) is 5.56 Å². The largest absolute Gasteiger partial charge is 0.370 e. The molecule has 0 saturated carbocycles. The van der Waals surface area contributed by atoms with Gasteiger partial charge in [-0.05, 0) is 54.8 Å². The van der Waals surface area contributed by atoms with E-state index >= 15 is 0 Å². The van der Waals surface area contributed by atoms with Crippen LogP contribution in [0.2, 0.25) is 0 Å². The molecule has 148 valence electrons. The summed E-state index contributed by atoms with van der Waals surface area (Å²) in [5.41, 5.74) is 3.22. The summed E-state index contributed by atoms with van der Waals surface area (Å²) in [4.78, 5) is 22.1. The summed E-state index contributed by atoms with van der Waals surface area (Å²) >= 11 is 0. The maximum Gasteiger partial charge on any atom is 0.258 e. The van der Waals surface area contributed by atoms with Gasteiger partial charge < -0.3 is 21.0 Å². The van der Waals surface area contributed by atoms with Crippen molar-refractivity contribution in [1.82, 2.24) is 10.3 Å². The Labute approximate surface area is 169 Å². The number of nitrogens with two attached hydrogens (primary N) is 1. The highest BCUT2D eigenvalue weighted by atomic mass is 16.1. The molecule has 0 spiro atoms. The van der Waals surface area contributed by atoms with Crippen molar-refractivity contribution in [3.63, 3.8) is 0 Å². The van der Waals surface area contributed by atoms with E-state index in [4.69, 9.17) is 5.84 Å². The molecule has 0 unspecified atom stereocenters. The average Bonchev–Trinajstić information content (AvgIpc) is 3.04. The molecule has 7 heteroatoms. The van der Waals surface area contributed by atoms with Crippen LogP contribution in [0.3, 0.4) is 0 Å². The molecule has 0 bridgehead atoms. The molecular weight excluding hydrogens is 364 g/mol. The number of aromatic amines is 1. The zero-order valence-corrected chi connectivity index (χ0v) is 16.1. The number of benzene rings is 2. The van der Waals surface area contributed by atoms with Crippen LogP contribution in [0.5, 0.6) is 0 Å². The van der Waals surface area contributed by atoms with E-state index in [1.54, 1.807) is 6.07 Å². The third-order valence-corrected chi connectivity index (χ3v) is 5.06. The predicted molar refractivity (Wildman–Crippen MR) is 120 cm³/mol. The Balaban J connectivity index is 1.54. The van der Waals surface area contributed by atoms with E-state index in [9.17, 15) is 4.79 Å². The third-order valence-electron chi connectivity index (χ3n) is 5.06. The van der Waals surface area contributed by atoms with E-state index in [1.165, 1.54) is 11.9 Å². The summed E-state index contributed by atoms with van der Waals surface area (Å²) in [6.45, 7) is 4.10. The second-order valence-electron chi connectivity index (χ2n) is 6.98. The number of hydrazone groups is 1. The number of aliphatic imine (C=N–C) groups is 1. The lowest BCUT2D eigenvalue weighted by Gasteiger charge is -2.22. The highest BCUT2D eigenvalue weighted by molar-refractivity contribution is 6.38. The van der Waals surface area contributed by atoms with Gasteiger partial charge in [-0.15, -0.1) is 0 Å². The number of hydrogen-bond acceptors (Lipinski definition) is 6. The molecule has 0 radical (unpaired) electrons. The first-order valence-corrected chi connectivity index (χ1v) is 9.75. The maximum absolute atomic E-state index is 12.4. The van der Waals surface area contributed by atoms with E-state index in [-0.39, 0.29) is 5.56 Å². The molecule has 1 aromatic heterocycles. The lowest BCUT2D eigenvalue weighted by atomic mass is 10.1. The number of H-pyrrole nitrogens is 1. The van der Waals surface area contributed by atoms with Gasteiger partial charge in [0.05, 0.1) is 17.5 Å². The molecule has 0 atom stereocenters. The van der Waals surface area contributed by atoms with Crippen molar-refractivity contribution in [2.75, 3.05) is 31.1 Å². The number of para-hydroxylation sites is 1. The summed E-state index contributed by atoms with van der Waals surface area (Å²) in [7, 11) is 0. The van der Waals surface area contributed by atoms with Crippen LogP contribution in [0.4, 0.5) is 11.4 Å². The Morgan fingerprint density at radius 1 is 1.07 bits per heavy atom. The van der Waals surface area contributed by atoms with E-state index < -0.39 is 0 Å². The SMILES string of the molecule is NN=C(C=Nc1ccc(N2CCCNCC2)cc1)c1cc2ccccc2[nH]c1=O. The number of nitrogens with one attached hydrogen (secondary N) is 2. The van der Waals surface area contributed by atoms with Crippen LogP contribution in [-0.4, -0.2) is 43.1 Å². The van der Waals surface area contributed by atoms with E-state index in [1.807, 2.05) is 36.4 Å². The van der Waals surface area contributed by atoms with Crippen molar-refractivity contribution in [3.05, 3.63) is 70.5 Å². The number of anilines is 1. The highest BCUT2D eigenvalue weighted by Gasteiger charge is 2.10. The van der Waals surface area contributed by atoms with Gasteiger partial charge >= 0.3 is 0 Å². The molecule has 2 aromatic carbocycles. The molecule has 0 aliphatic carbocycles. The molecule has 7 nitrogen and oxygen atoms in total. The Morgan fingerprint density at radius 2 is 1.90 bits per heavy atom. The van der Waals surface area contributed by atoms with Crippen molar-refractivity contribution < 1.29 is 0 Å². The number of aromatic nitrogens is 1. The van der Waals surface area contributed by atoms with E-state index in [0.29, 0.717) is 11.3 Å². The lowest BCUT2D eigenvalue weighted by Crippen LogP contribution is -2.27. The van der Waals surface area contributed by atoms with Crippen LogP contribution in [0.1, 0.15) is 12.0 Å². The first kappa shape index (κ1) is 18.9. The summed E-state index contributed by atoms with van der Waals surface area (Å²) in [6.07, 6.45) is 2.67. The normalized spacial score (nSPS) is 15.7. The van der Waals surface area contributed by atoms with Gasteiger partial charge in [0.2, 0.25) is 0 Å². The quantitative estimate of drug-likeness (QED) is 0.363. The molecule has 1 fully saturated rings. The molecule has 4 rings (SSSR count). The van der Waals surface area contributed by atoms with Gasteiger partial charge in [0, 0.05) is 30.8 Å². The smallest absolute Gasteiger partial charge is 0.258 e. The second-order valence-corrected chi connectivity index (χ2v) is 6.98. The minimum Gasteiger partial charge on any atom is -0.370 e. The van der Waals surface area contributed by atoms with Crippen molar-refractivity contribution >= 4 is 34.2 Å². The topological polar surface area (TPSA) is 98.9 Å². The van der Waals surface area contributed by atoms with Gasteiger partial charge in [0.15, 0.2) is 0 Å². The predicted octanol–water partition coefficient (Wildman–Crippen LogP) is 2.39. The summed E-state index contributed by atoms with van der Waals surface area (Å²) in [5.74, 6) is 5.55. The van der Waals surface area contributed by atoms with Crippen LogP contribution >= 0.6 is 0 Å². The Bertz CT molecular complexity index is 1090. The van der Waals surface area contributed by atoms with Crippen LogP contribution in [-0.2, 0) is 0 Å². The highest BCUT2D eigenvalue weighted by Crippen LogP contribution is 2.20. The van der Waals surface area contributed by atoms with Crippen LogP contribution in [0, 0.1) is 0 Å². The van der Waals surface area contributed by atoms with E-state index in [0.717, 1.165) is 49.2 Å². The molecule has 29 heavy (non-hydrogen) atoms. The fourth-order valence-corrected chi connectivity index (χ4v) is 3.50. The fraction of sp³-hybridized carbons (Fsp3) is 0.227. The maximum atomic E-state index is 12.4. The summed E-state index contributed by atoms with van der Waals surface area (Å²) < 4.78 is 0. The molecule has 1 aliphatic rings. The minimum absolute atomic E-state index is 0.246. The van der Waals surface area contributed by atoms with Crippen molar-refractivity contribution in [1.29, 1.82) is 0 Å². The second kappa shape index (κ2) is 8.70. The molecule has 0 amide bonds. The third kappa shape index (κ3) is 4.35. The lowest BCUT2D eigenvalue weighted by molar-refractivity contribution is 0.724. The zero-order chi connectivity index (χ0) is 20.1. The van der Waals surface area contributed by atoms with Crippen molar-refractivity contribution in [2.24, 2.45) is 15.9 Å². The zero-order valence-electron chi connectivity index (χ0n) is 16.1. The molecule has 4 N–H and O–H groups in total. The average molecular weight is 388 g/mol. The number of pyridine rings is 1. The first-order valence-electron chi connectivity index (χ1n) is 9.75. The van der Waals surface area contributed by atoms with Gasteiger partial charge in [-0.3, -0.25) is 9.79 Å². The molecule has 2 heterocycles. The number of hydrogen-bond donors (Lipinski definition) is 3. The summed E-state index contributed by atoms with van der Waals surface area (Å²) in [6, 6.07) is 17.4. The van der Waals surface area contributed by atoms with Crippen LogP contribution < -0.4 is 21.6 Å². The van der Waals surface area contributed by atoms with Gasteiger partial charge in [0.1, 0.15) is 5.71 Å². The Hall–Kier alpha value is -3.45. The molecular formula is C22H24N6O. The Morgan fingerprint density at radius 3 is 2.72 bits per heavy atom. The number of rotatable bonds is 4.